The van der Waals surface area contributed by atoms with Gasteiger partial charge in [0.1, 0.15) is 11.9 Å². The number of aromatic nitrogens is 1. The van der Waals surface area contributed by atoms with Crippen molar-refractivity contribution in [3.63, 3.8) is 0 Å². The number of nitrogens with one attached hydrogen (secondary N) is 2. The van der Waals surface area contributed by atoms with E-state index in [0.29, 0.717) is 21.3 Å². The normalized spacial score (nSPS) is 18.6. The lowest BCUT2D eigenvalue weighted by Gasteiger charge is -2.26. The van der Waals surface area contributed by atoms with Crippen LogP contribution in [0.15, 0.2) is 78.4 Å². The lowest BCUT2D eigenvalue weighted by molar-refractivity contribution is -0.163. The first-order chi connectivity index (χ1) is 14.8. The summed E-state index contributed by atoms with van der Waals surface area (Å²) in [5.74, 6) is -0.916. The number of alkyl halides is 3. The Hall–Kier alpha value is -2.97. The van der Waals surface area contributed by atoms with Crippen LogP contribution in [-0.4, -0.2) is 22.0 Å². The van der Waals surface area contributed by atoms with Crippen LogP contribution in [0.1, 0.15) is 23.5 Å². The van der Waals surface area contributed by atoms with Crippen molar-refractivity contribution < 1.29 is 18.0 Å². The first-order valence-electron chi connectivity index (χ1n) is 9.13. The SMILES string of the molecule is O=C(NC(c1ccccn1)C(F)(F)F)C1=C2C=CC=CN2C(c2ccc(Cl)cc2Cl)N1. The quantitative estimate of drug-likeness (QED) is 0.664. The molecule has 0 aliphatic carbocycles. The summed E-state index contributed by atoms with van der Waals surface area (Å²) in [5, 5.41) is 5.85. The van der Waals surface area contributed by atoms with Crippen molar-refractivity contribution in [2.24, 2.45) is 0 Å². The molecule has 0 saturated heterocycles. The van der Waals surface area contributed by atoms with Crippen molar-refractivity contribution >= 4 is 29.1 Å². The van der Waals surface area contributed by atoms with Crippen LogP contribution in [0, 0.1) is 0 Å². The Morgan fingerprint density at radius 3 is 2.68 bits per heavy atom. The monoisotopic (exact) mass is 466 g/mol. The number of halogens is 5. The summed E-state index contributed by atoms with van der Waals surface area (Å²) in [5.41, 5.74) is 0.711. The molecule has 0 saturated carbocycles. The third-order valence-corrected chi connectivity index (χ3v) is 5.34. The molecule has 0 spiro atoms. The minimum absolute atomic E-state index is 0.0122. The van der Waals surface area contributed by atoms with E-state index in [2.05, 4.69) is 15.6 Å². The molecule has 2 aromatic rings. The maximum atomic E-state index is 13.7. The third-order valence-electron chi connectivity index (χ3n) is 4.78. The average Bonchev–Trinajstić information content (AvgIpc) is 3.11. The highest BCUT2D eigenvalue weighted by Gasteiger charge is 2.44. The van der Waals surface area contributed by atoms with Gasteiger partial charge in [0.25, 0.3) is 5.91 Å². The van der Waals surface area contributed by atoms with E-state index in [9.17, 15) is 18.0 Å². The fourth-order valence-electron chi connectivity index (χ4n) is 3.38. The number of rotatable bonds is 4. The highest BCUT2D eigenvalue weighted by atomic mass is 35.5. The zero-order valence-corrected chi connectivity index (χ0v) is 17.2. The van der Waals surface area contributed by atoms with Crippen LogP contribution < -0.4 is 10.6 Å². The Morgan fingerprint density at radius 1 is 1.19 bits per heavy atom. The molecule has 2 aliphatic rings. The van der Waals surface area contributed by atoms with Gasteiger partial charge < -0.3 is 15.5 Å². The molecule has 160 valence electrons. The maximum Gasteiger partial charge on any atom is 0.414 e. The molecule has 2 atom stereocenters. The lowest BCUT2D eigenvalue weighted by Crippen LogP contribution is -2.41. The number of allylic oxidation sites excluding steroid dienone is 3. The number of carbonyl (C=O) groups is 1. The molecule has 0 radical (unpaired) electrons. The van der Waals surface area contributed by atoms with Crippen molar-refractivity contribution in [3.8, 4) is 0 Å². The largest absolute Gasteiger partial charge is 0.414 e. The molecular formula is C21H15Cl2F3N4O. The minimum Gasteiger partial charge on any atom is -0.355 e. The Balaban J connectivity index is 1.65. The van der Waals surface area contributed by atoms with E-state index in [4.69, 9.17) is 23.2 Å². The summed E-state index contributed by atoms with van der Waals surface area (Å²) in [4.78, 5) is 18.4. The molecule has 3 heterocycles. The molecule has 0 bridgehead atoms. The van der Waals surface area contributed by atoms with Gasteiger partial charge >= 0.3 is 6.18 Å². The number of amides is 1. The van der Waals surface area contributed by atoms with Crippen molar-refractivity contribution in [2.45, 2.75) is 18.4 Å². The predicted molar refractivity (Wildman–Crippen MR) is 111 cm³/mol. The molecular weight excluding hydrogens is 452 g/mol. The molecule has 2 N–H and O–H groups in total. The smallest absolute Gasteiger partial charge is 0.355 e. The molecule has 2 unspecified atom stereocenters. The Morgan fingerprint density at radius 2 is 2.00 bits per heavy atom. The van der Waals surface area contributed by atoms with Gasteiger partial charge in [0.15, 0.2) is 6.04 Å². The molecule has 1 aromatic carbocycles. The third kappa shape index (κ3) is 4.26. The molecule has 5 nitrogen and oxygen atoms in total. The highest BCUT2D eigenvalue weighted by Crippen LogP contribution is 2.38. The fraction of sp³-hybridized carbons (Fsp3) is 0.143. The topological polar surface area (TPSA) is 57.3 Å². The number of pyridine rings is 1. The number of carbonyl (C=O) groups excluding carboxylic acids is 1. The highest BCUT2D eigenvalue weighted by molar-refractivity contribution is 6.35. The van der Waals surface area contributed by atoms with Gasteiger partial charge in [0.2, 0.25) is 0 Å². The number of nitrogens with zero attached hydrogens (tertiary/aromatic N) is 2. The zero-order valence-electron chi connectivity index (χ0n) is 15.7. The maximum absolute atomic E-state index is 13.7. The Kier molecular flexibility index (Phi) is 5.68. The van der Waals surface area contributed by atoms with Gasteiger partial charge in [-0.05, 0) is 36.4 Å². The van der Waals surface area contributed by atoms with Crippen molar-refractivity contribution in [3.05, 3.63) is 99.7 Å². The van der Waals surface area contributed by atoms with Crippen LogP contribution in [-0.2, 0) is 4.79 Å². The van der Waals surface area contributed by atoms with E-state index in [1.807, 2.05) is 0 Å². The molecule has 31 heavy (non-hydrogen) atoms. The van der Waals surface area contributed by atoms with Crippen LogP contribution in [0.5, 0.6) is 0 Å². The molecule has 2 aliphatic heterocycles. The first-order valence-corrected chi connectivity index (χ1v) is 9.89. The molecule has 10 heteroatoms. The van der Waals surface area contributed by atoms with Crippen LogP contribution in [0.3, 0.4) is 0 Å². The molecule has 1 aromatic heterocycles. The second-order valence-corrected chi connectivity index (χ2v) is 7.63. The van der Waals surface area contributed by atoms with Gasteiger partial charge in [0.05, 0.1) is 11.4 Å². The number of hydrogen-bond donors (Lipinski definition) is 2. The summed E-state index contributed by atoms with van der Waals surface area (Å²) in [6.07, 6.45) is 2.69. The van der Waals surface area contributed by atoms with Crippen LogP contribution in [0.4, 0.5) is 13.2 Å². The van der Waals surface area contributed by atoms with Gasteiger partial charge in [-0.25, -0.2) is 0 Å². The lowest BCUT2D eigenvalue weighted by atomic mass is 10.1. The van der Waals surface area contributed by atoms with Gasteiger partial charge in [0, 0.05) is 28.0 Å². The van der Waals surface area contributed by atoms with E-state index >= 15 is 0 Å². The first kappa shape index (κ1) is 21.3. The number of hydrogen-bond acceptors (Lipinski definition) is 4. The van der Waals surface area contributed by atoms with Crippen molar-refractivity contribution in [1.29, 1.82) is 0 Å². The van der Waals surface area contributed by atoms with Crippen LogP contribution >= 0.6 is 23.2 Å². The summed E-state index contributed by atoms with van der Waals surface area (Å²) in [6, 6.07) is 6.78. The van der Waals surface area contributed by atoms with Gasteiger partial charge in [-0.3, -0.25) is 9.78 Å². The fourth-order valence-corrected chi connectivity index (χ4v) is 3.89. The van der Waals surface area contributed by atoms with Gasteiger partial charge in [-0.2, -0.15) is 13.2 Å². The standard InChI is InChI=1S/C21H15Cl2F3N4O/c22-12-7-8-13(14(23)11-12)19-28-17(16-6-2-4-10-30(16)19)20(31)29-18(21(24,25)26)15-5-1-3-9-27-15/h1-11,18-19,28H,(H,29,31). The summed E-state index contributed by atoms with van der Waals surface area (Å²) < 4.78 is 41.0. The van der Waals surface area contributed by atoms with Crippen molar-refractivity contribution in [2.75, 3.05) is 0 Å². The second-order valence-electron chi connectivity index (χ2n) is 6.78. The number of benzene rings is 1. The number of fused-ring (bicyclic) bond motifs is 1. The van der Waals surface area contributed by atoms with E-state index in [1.165, 1.54) is 24.4 Å². The van der Waals surface area contributed by atoms with Crippen LogP contribution in [0.25, 0.3) is 0 Å². The molecule has 1 amide bonds. The second kappa shape index (κ2) is 8.28. The predicted octanol–water partition coefficient (Wildman–Crippen LogP) is 5.01. The molecule has 4 rings (SSSR count). The van der Waals surface area contributed by atoms with Gasteiger partial charge in [-0.15, -0.1) is 0 Å². The summed E-state index contributed by atoms with van der Waals surface area (Å²) in [6.45, 7) is 0. The minimum atomic E-state index is -4.73. The van der Waals surface area contributed by atoms with E-state index in [1.54, 1.807) is 47.5 Å². The Labute approximate surface area is 185 Å². The van der Waals surface area contributed by atoms with E-state index in [-0.39, 0.29) is 11.4 Å². The Bertz CT molecular complexity index is 1100. The zero-order chi connectivity index (χ0) is 22.2. The van der Waals surface area contributed by atoms with E-state index < -0.39 is 24.3 Å². The summed E-state index contributed by atoms with van der Waals surface area (Å²) >= 11 is 12.3. The van der Waals surface area contributed by atoms with E-state index in [0.717, 1.165) is 0 Å². The van der Waals surface area contributed by atoms with Crippen molar-refractivity contribution in [1.82, 2.24) is 20.5 Å². The summed E-state index contributed by atoms with van der Waals surface area (Å²) in [7, 11) is 0. The van der Waals surface area contributed by atoms with Crippen LogP contribution in [0.2, 0.25) is 10.0 Å². The molecule has 0 fully saturated rings. The van der Waals surface area contributed by atoms with Gasteiger partial charge in [-0.1, -0.05) is 41.4 Å². The average molecular weight is 467 g/mol.